The Bertz CT molecular complexity index is 1520. The van der Waals surface area contributed by atoms with Gasteiger partial charge in [-0.2, -0.15) is 5.10 Å². The van der Waals surface area contributed by atoms with Crippen molar-refractivity contribution in [3.05, 3.63) is 242 Å². The predicted molar refractivity (Wildman–Crippen MR) is 220 cm³/mol. The Morgan fingerprint density at radius 1 is 0.500 bits per heavy atom. The number of rotatable bonds is 0. The van der Waals surface area contributed by atoms with Gasteiger partial charge in [-0.1, -0.05) is 53.7 Å². The average Bonchev–Trinajstić information content (AvgIpc) is 4.17. The average molecular weight is 788 g/mol. The van der Waals surface area contributed by atoms with E-state index < -0.39 is 0 Å². The predicted octanol–water partition coefficient (Wildman–Crippen LogP) is 7.88. The van der Waals surface area contributed by atoms with E-state index in [0.29, 0.717) is 0 Å². The molecule has 15 nitrogen and oxygen atoms in total. The normalized spacial score (nSPS) is 8.07. The molecule has 0 radical (unpaired) electrons. The first kappa shape index (κ1) is 46.4. The van der Waals surface area contributed by atoms with Gasteiger partial charge in [0, 0.05) is 110 Å². The van der Waals surface area contributed by atoms with Crippen molar-refractivity contribution in [1.82, 2.24) is 64.6 Å². The molecule has 3 N–H and O–H groups in total. The minimum Gasteiger partial charge on any atom is -0.365 e. The molecule has 0 aliphatic rings. The van der Waals surface area contributed by atoms with E-state index in [0.717, 1.165) is 0 Å². The molecule has 17 heteroatoms. The lowest BCUT2D eigenvalue weighted by Crippen LogP contribution is -1.98. The molecule has 0 unspecified atom stereocenters. The summed E-state index contributed by atoms with van der Waals surface area (Å²) in [5.74, 6) is 0. The van der Waals surface area contributed by atoms with E-state index >= 15 is 0 Å². The summed E-state index contributed by atoms with van der Waals surface area (Å²) in [5.41, 5.74) is 1.74. The number of H-pyrrole nitrogens is 3. The zero-order valence-corrected chi connectivity index (χ0v) is 31.7. The summed E-state index contributed by atoms with van der Waals surface area (Å²) in [7, 11) is 0. The smallest absolute Gasteiger partial charge is 0.247 e. The number of hydrogen-bond donors (Lipinski definition) is 3. The second-order valence-electron chi connectivity index (χ2n) is 8.78. The molecule has 0 spiro atoms. The zero-order valence-electron chi connectivity index (χ0n) is 30.0. The molecule has 9 aromatic heterocycles. The molecule has 0 amide bonds. The number of aromatic amines is 3. The van der Waals surface area contributed by atoms with Gasteiger partial charge in [-0.3, -0.25) is 29.8 Å². The fourth-order valence-corrected chi connectivity index (χ4v) is 3.24. The SMILES string of the molecule is O=c1cccc[nH]1.c1c[nH]cn1.c1ccccc1.c1ccncc1.c1cn[nH]c1.c1cnccn1.c1cncnc1.c1cnoc1.c1cnsc1.c1cscn1. The highest BCUT2D eigenvalue weighted by molar-refractivity contribution is 7.07. The molecule has 0 aliphatic carbocycles. The highest BCUT2D eigenvalue weighted by Gasteiger charge is 1.69. The molecule has 10 rings (SSSR count). The Balaban J connectivity index is 0.000000312. The van der Waals surface area contributed by atoms with Gasteiger partial charge in [-0.15, -0.1) is 11.3 Å². The van der Waals surface area contributed by atoms with E-state index in [1.165, 1.54) is 30.2 Å². The summed E-state index contributed by atoms with van der Waals surface area (Å²) >= 11 is 3.06. The van der Waals surface area contributed by atoms with Crippen LogP contribution in [0.15, 0.2) is 241 Å². The molecular weight excluding hydrogens is 747 g/mol. The second-order valence-corrected chi connectivity index (χ2v) is 10.2. The van der Waals surface area contributed by atoms with Crippen molar-refractivity contribution < 1.29 is 4.52 Å². The lowest BCUT2D eigenvalue weighted by atomic mass is 10.4. The van der Waals surface area contributed by atoms with Crippen molar-refractivity contribution in [3.8, 4) is 0 Å². The molecule has 286 valence electrons. The maximum atomic E-state index is 10.2. The van der Waals surface area contributed by atoms with Crippen LogP contribution in [0, 0.1) is 0 Å². The molecule has 1 aromatic carbocycles. The van der Waals surface area contributed by atoms with E-state index in [2.05, 4.69) is 69.1 Å². The van der Waals surface area contributed by atoms with Crippen LogP contribution in [0.1, 0.15) is 0 Å². The first-order valence-corrected chi connectivity index (χ1v) is 17.9. The fraction of sp³-hybridized carbons (Fsp3) is 0. The largest absolute Gasteiger partial charge is 0.365 e. The summed E-state index contributed by atoms with van der Waals surface area (Å²) in [4.78, 5) is 41.4. The molecule has 0 atom stereocenters. The van der Waals surface area contributed by atoms with E-state index in [1.807, 2.05) is 77.5 Å². The molecule has 9 heterocycles. The van der Waals surface area contributed by atoms with E-state index in [9.17, 15) is 4.79 Å². The number of aromatic nitrogens is 13. The molecule has 0 aliphatic heterocycles. The molecular formula is C39H41N13O2S2. The molecule has 0 fully saturated rings. The zero-order chi connectivity index (χ0) is 39.8. The van der Waals surface area contributed by atoms with Gasteiger partial charge in [0.15, 0.2) is 0 Å². The van der Waals surface area contributed by atoms with Crippen LogP contribution in [0.3, 0.4) is 0 Å². The summed E-state index contributed by atoms with van der Waals surface area (Å²) < 4.78 is 8.10. The first-order valence-electron chi connectivity index (χ1n) is 16.2. The monoisotopic (exact) mass is 787 g/mol. The Morgan fingerprint density at radius 2 is 1.20 bits per heavy atom. The Hall–Kier alpha value is -7.63. The lowest BCUT2D eigenvalue weighted by molar-refractivity contribution is 0.420. The summed E-state index contributed by atoms with van der Waals surface area (Å²) in [5, 5.41) is 13.4. The molecule has 10 aromatic rings. The van der Waals surface area contributed by atoms with Gasteiger partial charge in [0.2, 0.25) is 5.56 Å². The number of nitrogens with one attached hydrogen (secondary N) is 3. The molecule has 0 saturated heterocycles. The van der Waals surface area contributed by atoms with Crippen LogP contribution in [0.5, 0.6) is 0 Å². The van der Waals surface area contributed by atoms with Gasteiger partial charge in [-0.25, -0.2) is 19.3 Å². The highest BCUT2D eigenvalue weighted by Crippen LogP contribution is 1.86. The minimum absolute atomic E-state index is 0.0532. The Kier molecular flexibility index (Phi) is 34.6. The number of pyridine rings is 2. The number of benzene rings is 1. The second kappa shape index (κ2) is 41.8. The Labute approximate surface area is 332 Å². The van der Waals surface area contributed by atoms with Gasteiger partial charge in [0.05, 0.1) is 18.0 Å². The third-order valence-corrected chi connectivity index (χ3v) is 5.77. The number of hydrogen-bond acceptors (Lipinski definition) is 14. The van der Waals surface area contributed by atoms with Crippen LogP contribution in [0.4, 0.5) is 0 Å². The van der Waals surface area contributed by atoms with E-state index in [-0.39, 0.29) is 5.56 Å². The fourth-order valence-electron chi connectivity index (χ4n) is 2.54. The lowest BCUT2D eigenvalue weighted by Gasteiger charge is -1.73. The van der Waals surface area contributed by atoms with E-state index in [4.69, 9.17) is 0 Å². The quantitative estimate of drug-likeness (QED) is 0.134. The summed E-state index contributed by atoms with van der Waals surface area (Å²) in [6, 6.07) is 29.9. The van der Waals surface area contributed by atoms with Crippen LogP contribution < -0.4 is 5.56 Å². The van der Waals surface area contributed by atoms with E-state index in [1.54, 1.807) is 147 Å². The topological polar surface area (TPSA) is 206 Å². The maximum absolute atomic E-state index is 10.2. The van der Waals surface area contributed by atoms with Crippen LogP contribution in [0.25, 0.3) is 0 Å². The van der Waals surface area contributed by atoms with Gasteiger partial charge >= 0.3 is 0 Å². The van der Waals surface area contributed by atoms with Crippen molar-refractivity contribution in [2.75, 3.05) is 0 Å². The Morgan fingerprint density at radius 3 is 1.39 bits per heavy atom. The van der Waals surface area contributed by atoms with Gasteiger partial charge < -0.3 is 14.5 Å². The molecule has 0 bridgehead atoms. The third kappa shape index (κ3) is 39.2. The minimum atomic E-state index is -0.0532. The first-order chi connectivity index (χ1) is 27.9. The van der Waals surface area contributed by atoms with Crippen LogP contribution in [-0.4, -0.2) is 64.6 Å². The van der Waals surface area contributed by atoms with Crippen LogP contribution in [0.2, 0.25) is 0 Å². The number of nitrogens with zero attached hydrogens (tertiary/aromatic N) is 10. The third-order valence-electron chi connectivity index (χ3n) is 4.72. The van der Waals surface area contributed by atoms with Crippen molar-refractivity contribution in [3.63, 3.8) is 0 Å². The molecule has 0 saturated carbocycles. The highest BCUT2D eigenvalue weighted by atomic mass is 32.1. The number of thiazole rings is 1. The van der Waals surface area contributed by atoms with Gasteiger partial charge in [0.1, 0.15) is 12.6 Å². The van der Waals surface area contributed by atoms with Crippen LogP contribution in [-0.2, 0) is 0 Å². The van der Waals surface area contributed by atoms with Crippen molar-refractivity contribution >= 4 is 22.9 Å². The van der Waals surface area contributed by atoms with Crippen molar-refractivity contribution in [1.29, 1.82) is 0 Å². The maximum Gasteiger partial charge on any atom is 0.247 e. The standard InChI is InChI=1S/C6H6.C5H5NO.C5H5N.2C4H4N2.2C3H4N2.C3H3NO.2C3H3NS/c1-2-4-6-5-3-1;7-5-3-1-2-4-6-5;1-2-4-6-5-3-1;1-2-6-4-3-5-1;1-2-5-4-6-3-1;1-2-5-3-4-1;2*1-2-4-5-3-1;1-2-5-3-4-1;1-2-4-5-3-1/h1-6H;1-4H,(H,6,7);1-5H;2*1-4H;2*1-3H,(H,4,5);3*1-3H. The van der Waals surface area contributed by atoms with Gasteiger partial charge in [-0.05, 0) is 54.0 Å². The van der Waals surface area contributed by atoms with Crippen molar-refractivity contribution in [2.24, 2.45) is 0 Å². The van der Waals surface area contributed by atoms with Gasteiger partial charge in [0.25, 0.3) is 0 Å². The molecule has 56 heavy (non-hydrogen) atoms. The van der Waals surface area contributed by atoms with Crippen molar-refractivity contribution in [2.45, 2.75) is 0 Å². The summed E-state index contributed by atoms with van der Waals surface area (Å²) in [6.45, 7) is 0. The van der Waals surface area contributed by atoms with Crippen LogP contribution >= 0.6 is 22.9 Å². The number of imidazole rings is 1. The summed E-state index contributed by atoms with van der Waals surface area (Å²) in [6.07, 6.45) is 31.7.